The van der Waals surface area contributed by atoms with Crippen molar-refractivity contribution in [3.63, 3.8) is 0 Å². The Morgan fingerprint density at radius 1 is 1.18 bits per heavy atom. The van der Waals surface area contributed by atoms with E-state index in [1.807, 2.05) is 25.1 Å². The summed E-state index contributed by atoms with van der Waals surface area (Å²) in [4.78, 5) is 10.7. The van der Waals surface area contributed by atoms with Crippen molar-refractivity contribution in [3.05, 3.63) is 35.9 Å². The zero-order valence-electron chi connectivity index (χ0n) is 10.6. The number of unbranched alkanes of at least 4 members (excludes halogenated alkanes) is 1. The second-order valence-corrected chi connectivity index (χ2v) is 3.71. The molecule has 0 bridgehead atoms. The van der Waals surface area contributed by atoms with E-state index in [-0.39, 0.29) is 13.3 Å². The molecular formula is C15H27NO. The van der Waals surface area contributed by atoms with Gasteiger partial charge < -0.3 is 5.32 Å². The van der Waals surface area contributed by atoms with Crippen molar-refractivity contribution in [2.24, 2.45) is 0 Å². The minimum atomic E-state index is 0. The Balaban J connectivity index is 0. The Labute approximate surface area is 106 Å². The summed E-state index contributed by atoms with van der Waals surface area (Å²) in [7, 11) is 0. The second kappa shape index (κ2) is 12.8. The van der Waals surface area contributed by atoms with Gasteiger partial charge in [0.25, 0.3) is 0 Å². The first kappa shape index (κ1) is 18.1. The summed E-state index contributed by atoms with van der Waals surface area (Å²) in [5.74, 6) is 0.180. The lowest BCUT2D eigenvalue weighted by Gasteiger charge is -1.98. The molecule has 0 fully saturated rings. The van der Waals surface area contributed by atoms with Crippen LogP contribution in [-0.2, 0) is 4.79 Å². The molecule has 17 heavy (non-hydrogen) atoms. The van der Waals surface area contributed by atoms with Gasteiger partial charge in [-0.2, -0.15) is 0 Å². The molecule has 1 rings (SSSR count). The van der Waals surface area contributed by atoms with Crippen LogP contribution in [0.5, 0.6) is 0 Å². The van der Waals surface area contributed by atoms with Crippen molar-refractivity contribution in [2.45, 2.75) is 47.5 Å². The first-order valence-corrected chi connectivity index (χ1v) is 5.99. The van der Waals surface area contributed by atoms with E-state index in [4.69, 9.17) is 0 Å². The molecule has 2 nitrogen and oxygen atoms in total. The lowest BCUT2D eigenvalue weighted by Crippen LogP contribution is -2.21. The Morgan fingerprint density at radius 2 is 1.76 bits per heavy atom. The average molecular weight is 237 g/mol. The van der Waals surface area contributed by atoms with E-state index in [0.29, 0.717) is 6.42 Å². The lowest BCUT2D eigenvalue weighted by molar-refractivity contribution is -0.121. The SMILES string of the molecule is C.CCCCC(=O)NCC.Cc1ccccc1. The van der Waals surface area contributed by atoms with Crippen LogP contribution in [0.4, 0.5) is 0 Å². The molecule has 0 unspecified atom stereocenters. The Bertz CT molecular complexity index is 270. The minimum Gasteiger partial charge on any atom is -0.356 e. The molecule has 1 N–H and O–H groups in total. The van der Waals surface area contributed by atoms with Gasteiger partial charge in [0.15, 0.2) is 0 Å². The van der Waals surface area contributed by atoms with E-state index < -0.39 is 0 Å². The molecule has 0 atom stereocenters. The monoisotopic (exact) mass is 237 g/mol. The fourth-order valence-electron chi connectivity index (χ4n) is 1.16. The number of amides is 1. The average Bonchev–Trinajstić information content (AvgIpc) is 2.29. The molecule has 0 spiro atoms. The number of nitrogens with one attached hydrogen (secondary N) is 1. The molecule has 1 amide bonds. The molecule has 0 radical (unpaired) electrons. The maximum absolute atomic E-state index is 10.7. The lowest BCUT2D eigenvalue weighted by atomic mass is 10.2. The van der Waals surface area contributed by atoms with Gasteiger partial charge in [-0.25, -0.2) is 0 Å². The molecule has 2 heteroatoms. The van der Waals surface area contributed by atoms with E-state index >= 15 is 0 Å². The van der Waals surface area contributed by atoms with E-state index in [0.717, 1.165) is 19.4 Å². The zero-order valence-corrected chi connectivity index (χ0v) is 10.6. The highest BCUT2D eigenvalue weighted by molar-refractivity contribution is 5.75. The summed E-state index contributed by atoms with van der Waals surface area (Å²) in [6.07, 6.45) is 2.79. The second-order valence-electron chi connectivity index (χ2n) is 3.71. The number of carbonyl (C=O) groups excluding carboxylic acids is 1. The molecule has 0 aliphatic carbocycles. The standard InChI is InChI=1S/C7H15NO.C7H8.CH4/c1-3-5-6-7(9)8-4-2;1-7-5-3-2-4-6-7;/h3-6H2,1-2H3,(H,8,9);2-6H,1H3;1H4. The summed E-state index contributed by atoms with van der Waals surface area (Å²) in [5.41, 5.74) is 1.32. The van der Waals surface area contributed by atoms with Crippen LogP contribution < -0.4 is 5.32 Å². The van der Waals surface area contributed by atoms with Crippen LogP contribution in [0.3, 0.4) is 0 Å². The van der Waals surface area contributed by atoms with E-state index in [1.165, 1.54) is 5.56 Å². The molecular weight excluding hydrogens is 210 g/mol. The summed E-state index contributed by atoms with van der Waals surface area (Å²) in [6.45, 7) is 6.85. The van der Waals surface area contributed by atoms with Gasteiger partial charge in [-0.15, -0.1) is 0 Å². The summed E-state index contributed by atoms with van der Waals surface area (Å²) < 4.78 is 0. The van der Waals surface area contributed by atoms with Gasteiger partial charge in [0, 0.05) is 13.0 Å². The predicted molar refractivity (Wildman–Crippen MR) is 76.1 cm³/mol. The van der Waals surface area contributed by atoms with Gasteiger partial charge in [-0.1, -0.05) is 56.7 Å². The van der Waals surface area contributed by atoms with Crippen LogP contribution in [-0.4, -0.2) is 12.5 Å². The molecule has 1 aromatic carbocycles. The molecule has 0 aromatic heterocycles. The summed E-state index contributed by atoms with van der Waals surface area (Å²) >= 11 is 0. The summed E-state index contributed by atoms with van der Waals surface area (Å²) in [6, 6.07) is 10.3. The topological polar surface area (TPSA) is 29.1 Å². The van der Waals surface area contributed by atoms with Crippen LogP contribution >= 0.6 is 0 Å². The predicted octanol–water partition coefficient (Wildman–Crippen LogP) is 3.94. The number of hydrogen-bond donors (Lipinski definition) is 1. The molecule has 1 aromatic rings. The first-order chi connectivity index (χ1) is 7.70. The van der Waals surface area contributed by atoms with Gasteiger partial charge >= 0.3 is 0 Å². The zero-order chi connectivity index (χ0) is 12.2. The number of rotatable bonds is 4. The first-order valence-electron chi connectivity index (χ1n) is 5.99. The van der Waals surface area contributed by atoms with Gasteiger partial charge in [0.2, 0.25) is 5.91 Å². The number of carbonyl (C=O) groups is 1. The van der Waals surface area contributed by atoms with E-state index in [9.17, 15) is 4.79 Å². The fraction of sp³-hybridized carbons (Fsp3) is 0.533. The normalized spacial score (nSPS) is 8.41. The van der Waals surface area contributed by atoms with Crippen LogP contribution in [0, 0.1) is 6.92 Å². The van der Waals surface area contributed by atoms with Crippen molar-refractivity contribution in [3.8, 4) is 0 Å². The Hall–Kier alpha value is -1.31. The number of hydrogen-bond acceptors (Lipinski definition) is 1. The van der Waals surface area contributed by atoms with Gasteiger partial charge in [-0.3, -0.25) is 4.79 Å². The van der Waals surface area contributed by atoms with Gasteiger partial charge in [-0.05, 0) is 20.3 Å². The third-order valence-corrected chi connectivity index (χ3v) is 2.07. The smallest absolute Gasteiger partial charge is 0.219 e. The van der Waals surface area contributed by atoms with E-state index in [2.05, 4.69) is 31.3 Å². The third kappa shape index (κ3) is 12.6. The van der Waals surface area contributed by atoms with Crippen LogP contribution in [0.15, 0.2) is 30.3 Å². The van der Waals surface area contributed by atoms with Crippen LogP contribution in [0.25, 0.3) is 0 Å². The highest BCUT2D eigenvalue weighted by atomic mass is 16.1. The molecule has 0 aliphatic heterocycles. The van der Waals surface area contributed by atoms with Gasteiger partial charge in [0.05, 0.1) is 0 Å². The van der Waals surface area contributed by atoms with Crippen LogP contribution in [0.1, 0.15) is 46.1 Å². The van der Waals surface area contributed by atoms with Crippen molar-refractivity contribution < 1.29 is 4.79 Å². The fourth-order valence-corrected chi connectivity index (χ4v) is 1.16. The number of aryl methyl sites for hydroxylation is 1. The minimum absolute atomic E-state index is 0. The van der Waals surface area contributed by atoms with Crippen LogP contribution in [0.2, 0.25) is 0 Å². The van der Waals surface area contributed by atoms with E-state index in [1.54, 1.807) is 0 Å². The van der Waals surface area contributed by atoms with Crippen molar-refractivity contribution in [2.75, 3.05) is 6.54 Å². The quantitative estimate of drug-likeness (QED) is 0.844. The van der Waals surface area contributed by atoms with Crippen molar-refractivity contribution in [1.29, 1.82) is 0 Å². The third-order valence-electron chi connectivity index (χ3n) is 2.07. The summed E-state index contributed by atoms with van der Waals surface area (Å²) in [5, 5.41) is 2.74. The molecule has 0 saturated carbocycles. The van der Waals surface area contributed by atoms with Gasteiger partial charge in [0.1, 0.15) is 0 Å². The molecule has 98 valence electrons. The maximum Gasteiger partial charge on any atom is 0.219 e. The van der Waals surface area contributed by atoms with Crippen molar-refractivity contribution >= 4 is 5.91 Å². The molecule has 0 saturated heterocycles. The van der Waals surface area contributed by atoms with Crippen molar-refractivity contribution in [1.82, 2.24) is 5.32 Å². The molecule has 0 heterocycles. The number of benzene rings is 1. The Kier molecular flexibility index (Phi) is 13.6. The maximum atomic E-state index is 10.7. The highest BCUT2D eigenvalue weighted by Gasteiger charge is 1.94. The highest BCUT2D eigenvalue weighted by Crippen LogP contribution is 1.92. The Morgan fingerprint density at radius 3 is 2.12 bits per heavy atom. The largest absolute Gasteiger partial charge is 0.356 e. The molecule has 0 aliphatic rings.